The van der Waals surface area contributed by atoms with Gasteiger partial charge in [0.05, 0.1) is 44.6 Å². The number of aromatic nitrogens is 2. The Morgan fingerprint density at radius 1 is 0.435 bits per heavy atom. The molecule has 10 rings (SSSR count). The van der Waals surface area contributed by atoms with Crippen LogP contribution in [-0.4, -0.2) is 9.13 Å². The largest absolute Gasteiger partial charge is 0.417 e. The van der Waals surface area contributed by atoms with Gasteiger partial charge in [-0.3, -0.25) is 0 Å². The molecule has 2 heterocycles. The number of hydrogen-bond acceptors (Lipinski definition) is 1. The summed E-state index contributed by atoms with van der Waals surface area (Å²) in [6, 6.07) is 49.3. The number of fused-ring (bicyclic) bond motifs is 6. The van der Waals surface area contributed by atoms with Gasteiger partial charge in [-0.1, -0.05) is 102 Å². The molecule has 0 fully saturated rings. The predicted octanol–water partition coefficient (Wildman–Crippen LogP) is 15.6. The van der Waals surface area contributed by atoms with Gasteiger partial charge in [0, 0.05) is 27.1 Å². The van der Waals surface area contributed by atoms with Crippen molar-refractivity contribution in [2.75, 3.05) is 0 Å². The van der Waals surface area contributed by atoms with Crippen LogP contribution in [0.25, 0.3) is 88.4 Å². The van der Waals surface area contributed by atoms with E-state index in [-0.39, 0.29) is 5.56 Å². The molecule has 0 saturated carbocycles. The second kappa shape index (κ2) is 14.4. The van der Waals surface area contributed by atoms with Crippen LogP contribution in [0, 0.1) is 52.9 Å². The molecule has 302 valence electrons. The second-order valence-electron chi connectivity index (χ2n) is 16.8. The third kappa shape index (κ3) is 6.10. The Hall–Kier alpha value is -7.36. The third-order valence-corrected chi connectivity index (χ3v) is 12.5. The molecule has 0 aliphatic heterocycles. The topological polar surface area (TPSA) is 33.6 Å². The Labute approximate surface area is 358 Å². The predicted molar refractivity (Wildman–Crippen MR) is 250 cm³/mol. The highest BCUT2D eigenvalue weighted by Crippen LogP contribution is 2.45. The SMILES string of the molecule is Cc1cc(C)c(-c2ccc3c(c2)c2ccccc2n3-c2cc(-c3ccccc3C(F)(F)F)c(-n3c4ccccc4c4cc(-c5c(C)cc(C)cc5C)ccc43)cc2C#N)c(C)c1. The number of benzene rings is 8. The smallest absolute Gasteiger partial charge is 0.309 e. The summed E-state index contributed by atoms with van der Waals surface area (Å²) in [5.41, 5.74) is 15.9. The zero-order chi connectivity index (χ0) is 43.2. The van der Waals surface area contributed by atoms with Gasteiger partial charge in [0.2, 0.25) is 0 Å². The molecule has 6 heteroatoms. The van der Waals surface area contributed by atoms with Gasteiger partial charge in [-0.05, 0) is 146 Å². The van der Waals surface area contributed by atoms with E-state index >= 15 is 13.2 Å². The molecule has 0 bridgehead atoms. The number of rotatable bonds is 5. The van der Waals surface area contributed by atoms with E-state index < -0.39 is 11.7 Å². The summed E-state index contributed by atoms with van der Waals surface area (Å²) in [5, 5.41) is 15.0. The van der Waals surface area contributed by atoms with Crippen molar-refractivity contribution < 1.29 is 13.2 Å². The summed E-state index contributed by atoms with van der Waals surface area (Å²) < 4.78 is 49.5. The second-order valence-corrected chi connectivity index (χ2v) is 16.8. The molecular weight excluding hydrogens is 772 g/mol. The standard InChI is InChI=1S/C56H42F3N3/c1-32-23-34(3)54(35(4)24-32)38-19-21-50-44(27-38)42-14-8-11-17-48(42)61(50)52-30-46(41-13-7-10-16-47(41)56(57,58)59)53(29-40(52)31-60)62-49-18-12-9-15-43(49)45-28-39(20-22-51(45)62)55-36(5)25-33(2)26-37(55)6/h7-30H,1-6H3. The van der Waals surface area contributed by atoms with E-state index in [1.165, 1.54) is 51.1 Å². The molecule has 2 aromatic heterocycles. The number of alkyl halides is 3. The van der Waals surface area contributed by atoms with Gasteiger partial charge in [0.15, 0.2) is 0 Å². The molecule has 0 aliphatic rings. The van der Waals surface area contributed by atoms with Crippen molar-refractivity contribution in [3.05, 3.63) is 190 Å². The van der Waals surface area contributed by atoms with Crippen LogP contribution in [0.1, 0.15) is 44.5 Å². The summed E-state index contributed by atoms with van der Waals surface area (Å²) >= 11 is 0. The van der Waals surface area contributed by atoms with Crippen molar-refractivity contribution in [1.29, 1.82) is 5.26 Å². The molecule has 3 nitrogen and oxygen atoms in total. The lowest BCUT2D eigenvalue weighted by atomic mass is 9.93. The molecule has 0 radical (unpaired) electrons. The summed E-state index contributed by atoms with van der Waals surface area (Å²) in [6.07, 6.45) is -4.64. The number of aryl methyl sites for hydroxylation is 6. The minimum atomic E-state index is -4.64. The van der Waals surface area contributed by atoms with Crippen LogP contribution >= 0.6 is 0 Å². The van der Waals surface area contributed by atoms with Crippen molar-refractivity contribution in [2.24, 2.45) is 0 Å². The van der Waals surface area contributed by atoms with E-state index in [0.717, 1.165) is 66.4 Å². The van der Waals surface area contributed by atoms with E-state index in [4.69, 9.17) is 0 Å². The number of nitriles is 1. The molecule has 0 spiro atoms. The van der Waals surface area contributed by atoms with Gasteiger partial charge in [-0.25, -0.2) is 0 Å². The van der Waals surface area contributed by atoms with Gasteiger partial charge in [0.1, 0.15) is 6.07 Å². The molecular formula is C56H42F3N3. The monoisotopic (exact) mass is 813 g/mol. The molecule has 0 N–H and O–H groups in total. The molecule has 8 aromatic carbocycles. The maximum atomic E-state index is 15.1. The first-order valence-electron chi connectivity index (χ1n) is 20.8. The highest BCUT2D eigenvalue weighted by atomic mass is 19.4. The average molecular weight is 814 g/mol. The van der Waals surface area contributed by atoms with E-state index in [2.05, 4.69) is 120 Å². The fourth-order valence-electron chi connectivity index (χ4n) is 10.3. The van der Waals surface area contributed by atoms with E-state index in [0.29, 0.717) is 22.5 Å². The van der Waals surface area contributed by atoms with E-state index in [9.17, 15) is 5.26 Å². The molecule has 0 unspecified atom stereocenters. The minimum absolute atomic E-state index is 0.0302. The quantitative estimate of drug-likeness (QED) is 0.170. The van der Waals surface area contributed by atoms with Crippen LogP contribution in [0.2, 0.25) is 0 Å². The highest BCUT2D eigenvalue weighted by molar-refractivity contribution is 6.13. The Kier molecular flexibility index (Phi) is 9.01. The first kappa shape index (κ1) is 38.8. The van der Waals surface area contributed by atoms with Crippen LogP contribution in [0.4, 0.5) is 13.2 Å². The molecule has 62 heavy (non-hydrogen) atoms. The highest BCUT2D eigenvalue weighted by Gasteiger charge is 2.35. The Morgan fingerprint density at radius 3 is 1.35 bits per heavy atom. The van der Waals surface area contributed by atoms with Crippen LogP contribution in [-0.2, 0) is 6.18 Å². The average Bonchev–Trinajstić information content (AvgIpc) is 3.74. The van der Waals surface area contributed by atoms with Crippen LogP contribution in [0.5, 0.6) is 0 Å². The van der Waals surface area contributed by atoms with Gasteiger partial charge < -0.3 is 9.13 Å². The Bertz CT molecular complexity index is 3490. The van der Waals surface area contributed by atoms with Crippen molar-refractivity contribution in [3.8, 4) is 50.8 Å². The van der Waals surface area contributed by atoms with Crippen LogP contribution in [0.15, 0.2) is 146 Å². The first-order valence-corrected chi connectivity index (χ1v) is 20.8. The number of para-hydroxylation sites is 2. The van der Waals surface area contributed by atoms with Gasteiger partial charge in [0.25, 0.3) is 0 Å². The minimum Gasteiger partial charge on any atom is -0.309 e. The molecule has 10 aromatic rings. The molecule has 0 amide bonds. The first-order chi connectivity index (χ1) is 29.8. The summed E-state index contributed by atoms with van der Waals surface area (Å²) in [6.45, 7) is 12.7. The summed E-state index contributed by atoms with van der Waals surface area (Å²) in [4.78, 5) is 0. The van der Waals surface area contributed by atoms with Crippen molar-refractivity contribution >= 4 is 43.6 Å². The van der Waals surface area contributed by atoms with E-state index in [1.807, 2.05) is 45.5 Å². The van der Waals surface area contributed by atoms with Gasteiger partial charge in [-0.15, -0.1) is 0 Å². The molecule has 0 saturated heterocycles. The zero-order valence-electron chi connectivity index (χ0n) is 35.3. The Balaban J connectivity index is 1.29. The lowest BCUT2D eigenvalue weighted by Crippen LogP contribution is -2.09. The van der Waals surface area contributed by atoms with E-state index in [1.54, 1.807) is 18.2 Å². The maximum Gasteiger partial charge on any atom is 0.417 e. The van der Waals surface area contributed by atoms with Crippen LogP contribution < -0.4 is 0 Å². The van der Waals surface area contributed by atoms with Gasteiger partial charge in [-0.2, -0.15) is 18.4 Å². The fraction of sp³-hybridized carbons (Fsp3) is 0.125. The normalized spacial score (nSPS) is 11.9. The lowest BCUT2D eigenvalue weighted by Gasteiger charge is -2.21. The maximum absolute atomic E-state index is 15.1. The lowest BCUT2D eigenvalue weighted by molar-refractivity contribution is -0.137. The number of hydrogen-bond donors (Lipinski definition) is 0. The van der Waals surface area contributed by atoms with Gasteiger partial charge >= 0.3 is 6.18 Å². The summed E-state index contributed by atoms with van der Waals surface area (Å²) in [7, 11) is 0. The third-order valence-electron chi connectivity index (χ3n) is 12.5. The summed E-state index contributed by atoms with van der Waals surface area (Å²) in [5.74, 6) is 0. The molecule has 0 atom stereocenters. The van der Waals surface area contributed by atoms with Crippen molar-refractivity contribution in [1.82, 2.24) is 9.13 Å². The number of halogens is 3. The van der Waals surface area contributed by atoms with Crippen LogP contribution in [0.3, 0.4) is 0 Å². The van der Waals surface area contributed by atoms with Crippen molar-refractivity contribution in [3.63, 3.8) is 0 Å². The fourth-order valence-corrected chi connectivity index (χ4v) is 10.3. The van der Waals surface area contributed by atoms with Crippen molar-refractivity contribution in [2.45, 2.75) is 47.7 Å². The Morgan fingerprint density at radius 2 is 0.871 bits per heavy atom. The molecule has 0 aliphatic carbocycles. The zero-order valence-corrected chi connectivity index (χ0v) is 35.3. The number of nitrogens with zero attached hydrogens (tertiary/aromatic N) is 3.